The monoisotopic (exact) mass is 720 g/mol. The average molecular weight is 720 g/mol. The van der Waals surface area contributed by atoms with Gasteiger partial charge in [-0.15, -0.1) is 0 Å². The van der Waals surface area contributed by atoms with Gasteiger partial charge in [-0.25, -0.2) is 0 Å². The molecule has 304 valence electrons. The van der Waals surface area contributed by atoms with E-state index in [1.54, 1.807) is 6.08 Å². The first kappa shape index (κ1) is 50.1. The standard InChI is InChI=1S/C47H93NO3/c1-3-5-7-9-11-13-14-15-16-17-18-19-20-21-22-23-24-25-26-27-28-29-30-31-32-33-35-36-38-40-42-46(50)45(44-49)48-47(51)43-41-39-37-34-12-10-8-6-4-2/h40,42,45-46,49-50H,3-39,41,43-44H2,1-2H3,(H,48,51)/b42-40+. The minimum Gasteiger partial charge on any atom is -0.394 e. The summed E-state index contributed by atoms with van der Waals surface area (Å²) in [5.74, 6) is -0.0646. The number of carbonyl (C=O) groups is 1. The lowest BCUT2D eigenvalue weighted by Crippen LogP contribution is -2.45. The van der Waals surface area contributed by atoms with Crippen LogP contribution in [0.1, 0.15) is 264 Å². The third-order valence-electron chi connectivity index (χ3n) is 11.0. The molecule has 3 N–H and O–H groups in total. The molecule has 0 aliphatic carbocycles. The molecular formula is C47H93NO3. The molecule has 0 spiro atoms. The van der Waals surface area contributed by atoms with E-state index in [1.807, 2.05) is 6.08 Å². The number of amides is 1. The lowest BCUT2D eigenvalue weighted by atomic mass is 10.0. The Balaban J connectivity index is 3.40. The van der Waals surface area contributed by atoms with Crippen molar-refractivity contribution in [2.45, 2.75) is 276 Å². The van der Waals surface area contributed by atoms with Crippen LogP contribution in [-0.4, -0.2) is 34.9 Å². The third-order valence-corrected chi connectivity index (χ3v) is 11.0. The summed E-state index contributed by atoms with van der Waals surface area (Å²) in [6.45, 7) is 4.30. The molecule has 0 aliphatic rings. The Hall–Kier alpha value is -0.870. The number of allylic oxidation sites excluding steroid dienone is 1. The molecular weight excluding hydrogens is 627 g/mol. The van der Waals surface area contributed by atoms with Crippen LogP contribution in [0.25, 0.3) is 0 Å². The molecule has 0 bridgehead atoms. The SMILES string of the molecule is CCCCCCCCCCCCCCCCCCCCCCCCCCCCCC/C=C/C(O)C(CO)NC(=O)CCCCCCCCCCC. The van der Waals surface area contributed by atoms with Gasteiger partial charge in [0.2, 0.25) is 5.91 Å². The van der Waals surface area contributed by atoms with Gasteiger partial charge in [-0.2, -0.15) is 0 Å². The zero-order valence-electron chi connectivity index (χ0n) is 34.9. The van der Waals surface area contributed by atoms with E-state index in [2.05, 4.69) is 19.2 Å². The van der Waals surface area contributed by atoms with Crippen molar-refractivity contribution in [3.63, 3.8) is 0 Å². The van der Waals surface area contributed by atoms with E-state index in [0.29, 0.717) is 6.42 Å². The maximum absolute atomic E-state index is 12.3. The predicted octanol–water partition coefficient (Wildman–Crippen LogP) is 14.6. The number of hydrogen-bond acceptors (Lipinski definition) is 3. The van der Waals surface area contributed by atoms with Crippen LogP contribution in [0, 0.1) is 0 Å². The van der Waals surface area contributed by atoms with Gasteiger partial charge in [0, 0.05) is 6.42 Å². The van der Waals surface area contributed by atoms with E-state index >= 15 is 0 Å². The second-order valence-corrected chi connectivity index (χ2v) is 16.2. The molecule has 2 unspecified atom stereocenters. The second kappa shape index (κ2) is 43.5. The summed E-state index contributed by atoms with van der Waals surface area (Å²) < 4.78 is 0. The summed E-state index contributed by atoms with van der Waals surface area (Å²) in [6, 6.07) is -0.615. The van der Waals surface area contributed by atoms with Crippen LogP contribution in [0.2, 0.25) is 0 Å². The van der Waals surface area contributed by atoms with E-state index in [0.717, 1.165) is 25.7 Å². The molecule has 0 radical (unpaired) electrons. The van der Waals surface area contributed by atoms with E-state index in [9.17, 15) is 15.0 Å². The molecule has 51 heavy (non-hydrogen) atoms. The zero-order chi connectivity index (χ0) is 37.1. The molecule has 0 aromatic heterocycles. The minimum atomic E-state index is -0.833. The lowest BCUT2D eigenvalue weighted by molar-refractivity contribution is -0.123. The number of hydrogen-bond donors (Lipinski definition) is 3. The zero-order valence-corrected chi connectivity index (χ0v) is 34.9. The molecule has 4 nitrogen and oxygen atoms in total. The number of unbranched alkanes of at least 4 members (excludes halogenated alkanes) is 36. The van der Waals surface area contributed by atoms with Gasteiger partial charge in [0.1, 0.15) is 0 Å². The van der Waals surface area contributed by atoms with Crippen LogP contribution in [0.5, 0.6) is 0 Å². The summed E-state index contributed by atoms with van der Waals surface area (Å²) in [6.07, 6.45) is 55.0. The van der Waals surface area contributed by atoms with Crippen molar-refractivity contribution in [3.8, 4) is 0 Å². The minimum absolute atomic E-state index is 0.0646. The number of nitrogens with one attached hydrogen (secondary N) is 1. The summed E-state index contributed by atoms with van der Waals surface area (Å²) in [5, 5.41) is 22.9. The summed E-state index contributed by atoms with van der Waals surface area (Å²) in [7, 11) is 0. The van der Waals surface area contributed by atoms with E-state index in [1.165, 1.54) is 218 Å². The van der Waals surface area contributed by atoms with Gasteiger partial charge >= 0.3 is 0 Å². The summed E-state index contributed by atoms with van der Waals surface area (Å²) in [5.41, 5.74) is 0. The topological polar surface area (TPSA) is 69.6 Å². The van der Waals surface area contributed by atoms with Crippen molar-refractivity contribution in [1.82, 2.24) is 5.32 Å². The molecule has 1 amide bonds. The highest BCUT2D eigenvalue weighted by Crippen LogP contribution is 2.17. The first-order valence-corrected chi connectivity index (χ1v) is 23.4. The Morgan fingerprint density at radius 2 is 0.725 bits per heavy atom. The largest absolute Gasteiger partial charge is 0.394 e. The first-order chi connectivity index (χ1) is 25.2. The van der Waals surface area contributed by atoms with Gasteiger partial charge in [-0.3, -0.25) is 4.79 Å². The normalized spacial score (nSPS) is 12.9. The van der Waals surface area contributed by atoms with Gasteiger partial charge in [0.15, 0.2) is 0 Å². The fourth-order valence-electron chi connectivity index (χ4n) is 7.42. The number of aliphatic hydroxyl groups excluding tert-OH is 2. The predicted molar refractivity (Wildman–Crippen MR) is 226 cm³/mol. The van der Waals surface area contributed by atoms with E-state index in [-0.39, 0.29) is 12.5 Å². The Morgan fingerprint density at radius 3 is 1.02 bits per heavy atom. The molecule has 0 aromatic carbocycles. The average Bonchev–Trinajstić information content (AvgIpc) is 3.13. The fraction of sp³-hybridized carbons (Fsp3) is 0.936. The van der Waals surface area contributed by atoms with Crippen molar-refractivity contribution in [2.75, 3.05) is 6.61 Å². The Labute approximate surface area is 320 Å². The van der Waals surface area contributed by atoms with Crippen molar-refractivity contribution < 1.29 is 15.0 Å². The highest BCUT2D eigenvalue weighted by Gasteiger charge is 2.17. The maximum atomic E-state index is 12.3. The van der Waals surface area contributed by atoms with Crippen molar-refractivity contribution in [1.29, 1.82) is 0 Å². The molecule has 0 saturated carbocycles. The molecule has 0 fully saturated rings. The molecule has 4 heteroatoms. The van der Waals surface area contributed by atoms with Gasteiger partial charge in [0.25, 0.3) is 0 Å². The summed E-state index contributed by atoms with van der Waals surface area (Å²) in [4.78, 5) is 12.3. The number of rotatable bonds is 43. The Bertz CT molecular complexity index is 695. The smallest absolute Gasteiger partial charge is 0.220 e. The molecule has 0 saturated heterocycles. The van der Waals surface area contributed by atoms with E-state index < -0.39 is 12.1 Å². The number of carbonyl (C=O) groups excluding carboxylic acids is 1. The van der Waals surface area contributed by atoms with Crippen LogP contribution in [0.3, 0.4) is 0 Å². The third kappa shape index (κ3) is 40.2. The van der Waals surface area contributed by atoms with Crippen molar-refractivity contribution in [3.05, 3.63) is 12.2 Å². The first-order valence-electron chi connectivity index (χ1n) is 23.4. The van der Waals surface area contributed by atoms with Crippen LogP contribution in [0.15, 0.2) is 12.2 Å². The molecule has 0 rings (SSSR count). The van der Waals surface area contributed by atoms with E-state index in [4.69, 9.17) is 0 Å². The Morgan fingerprint density at radius 1 is 0.451 bits per heavy atom. The van der Waals surface area contributed by atoms with Gasteiger partial charge in [-0.05, 0) is 19.3 Å². The Kier molecular flexibility index (Phi) is 42.8. The highest BCUT2D eigenvalue weighted by molar-refractivity contribution is 5.76. The van der Waals surface area contributed by atoms with Gasteiger partial charge in [-0.1, -0.05) is 251 Å². The van der Waals surface area contributed by atoms with Crippen LogP contribution in [-0.2, 0) is 4.79 Å². The molecule has 0 aromatic rings. The van der Waals surface area contributed by atoms with Crippen LogP contribution >= 0.6 is 0 Å². The van der Waals surface area contributed by atoms with Gasteiger partial charge in [0.05, 0.1) is 18.8 Å². The summed E-state index contributed by atoms with van der Waals surface area (Å²) >= 11 is 0. The molecule has 0 aliphatic heterocycles. The maximum Gasteiger partial charge on any atom is 0.220 e. The van der Waals surface area contributed by atoms with Gasteiger partial charge < -0.3 is 15.5 Å². The number of aliphatic hydroxyl groups is 2. The van der Waals surface area contributed by atoms with Crippen LogP contribution < -0.4 is 5.32 Å². The molecule has 0 heterocycles. The molecule has 2 atom stereocenters. The fourth-order valence-corrected chi connectivity index (χ4v) is 7.42. The van der Waals surface area contributed by atoms with Crippen molar-refractivity contribution in [2.24, 2.45) is 0 Å². The lowest BCUT2D eigenvalue weighted by Gasteiger charge is -2.20. The van der Waals surface area contributed by atoms with Crippen LogP contribution in [0.4, 0.5) is 0 Å². The van der Waals surface area contributed by atoms with Crippen molar-refractivity contribution >= 4 is 5.91 Å². The highest BCUT2D eigenvalue weighted by atomic mass is 16.3. The second-order valence-electron chi connectivity index (χ2n) is 16.2. The quantitative estimate of drug-likeness (QED) is 0.0434.